The minimum absolute atomic E-state index is 0.112. The number of aryl methyl sites for hydroxylation is 1. The van der Waals surface area contributed by atoms with E-state index >= 15 is 0 Å². The molecule has 0 atom stereocenters. The summed E-state index contributed by atoms with van der Waals surface area (Å²) in [6, 6.07) is 2.11. The van der Waals surface area contributed by atoms with Gasteiger partial charge in [-0.15, -0.1) is 0 Å². The van der Waals surface area contributed by atoms with E-state index in [2.05, 4.69) is 27.9 Å². The molecule has 4 heterocycles. The van der Waals surface area contributed by atoms with Gasteiger partial charge in [-0.3, -0.25) is 4.68 Å². The molecular weight excluding hydrogens is 304 g/mol. The van der Waals surface area contributed by atoms with Gasteiger partial charge in [-0.2, -0.15) is 10.1 Å². The Labute approximate surface area is 141 Å². The Morgan fingerprint density at radius 3 is 2.71 bits per heavy atom. The van der Waals surface area contributed by atoms with Crippen LogP contribution in [0.2, 0.25) is 0 Å². The molecule has 0 saturated carbocycles. The summed E-state index contributed by atoms with van der Waals surface area (Å²) in [7, 11) is 0. The van der Waals surface area contributed by atoms with Crippen molar-refractivity contribution in [1.29, 1.82) is 0 Å². The number of aliphatic hydroxyl groups excluding tert-OH is 1. The molecule has 0 aromatic carbocycles. The molecule has 2 aliphatic heterocycles. The molecule has 7 heteroatoms. The van der Waals surface area contributed by atoms with Gasteiger partial charge >= 0.3 is 0 Å². The van der Waals surface area contributed by atoms with Gasteiger partial charge in [-0.25, -0.2) is 4.98 Å². The lowest BCUT2D eigenvalue weighted by Gasteiger charge is -2.22. The fourth-order valence-corrected chi connectivity index (χ4v) is 3.53. The second-order valence-corrected chi connectivity index (χ2v) is 6.48. The van der Waals surface area contributed by atoms with Crippen molar-refractivity contribution in [2.45, 2.75) is 45.8 Å². The smallest absolute Gasteiger partial charge is 0.227 e. The number of hydrogen-bond donors (Lipinski definition) is 1. The van der Waals surface area contributed by atoms with E-state index in [-0.39, 0.29) is 6.61 Å². The zero-order valence-corrected chi connectivity index (χ0v) is 14.1. The summed E-state index contributed by atoms with van der Waals surface area (Å²) in [6.45, 7) is 6.51. The van der Waals surface area contributed by atoms with Crippen molar-refractivity contribution < 1.29 is 5.11 Å². The minimum Gasteiger partial charge on any atom is -0.394 e. The van der Waals surface area contributed by atoms with Crippen LogP contribution >= 0.6 is 0 Å². The molecule has 0 spiro atoms. The summed E-state index contributed by atoms with van der Waals surface area (Å²) in [4.78, 5) is 14.1. The molecule has 1 saturated heterocycles. The Hall–Kier alpha value is -2.15. The van der Waals surface area contributed by atoms with E-state index in [1.165, 1.54) is 24.1 Å². The third kappa shape index (κ3) is 2.73. The lowest BCUT2D eigenvalue weighted by atomic mass is 10.3. The SMILES string of the molecule is CCc1cc(N2Cc3cnn(CCO)c3C2)nc(N2CCCC2)n1. The first-order chi connectivity index (χ1) is 11.8. The van der Waals surface area contributed by atoms with Crippen LogP contribution in [-0.2, 0) is 26.1 Å². The summed E-state index contributed by atoms with van der Waals surface area (Å²) >= 11 is 0. The normalized spacial score (nSPS) is 16.9. The van der Waals surface area contributed by atoms with E-state index in [4.69, 9.17) is 9.97 Å². The topological polar surface area (TPSA) is 70.3 Å². The maximum absolute atomic E-state index is 9.18. The number of aromatic nitrogens is 4. The van der Waals surface area contributed by atoms with E-state index in [1.807, 2.05) is 10.9 Å². The van der Waals surface area contributed by atoms with Gasteiger partial charge in [0.05, 0.1) is 31.6 Å². The molecular formula is C17H24N6O. The molecule has 0 amide bonds. The lowest BCUT2D eigenvalue weighted by Crippen LogP contribution is -2.24. The minimum atomic E-state index is 0.112. The van der Waals surface area contributed by atoms with Gasteiger partial charge in [0.15, 0.2) is 0 Å². The fourth-order valence-electron chi connectivity index (χ4n) is 3.53. The van der Waals surface area contributed by atoms with Crippen molar-refractivity contribution in [3.63, 3.8) is 0 Å². The second-order valence-electron chi connectivity index (χ2n) is 6.48. The number of anilines is 2. The van der Waals surface area contributed by atoms with Crippen LogP contribution < -0.4 is 9.80 Å². The number of hydrogen-bond acceptors (Lipinski definition) is 6. The van der Waals surface area contributed by atoms with E-state index in [1.54, 1.807) is 0 Å². The third-order valence-corrected chi connectivity index (χ3v) is 4.88. The van der Waals surface area contributed by atoms with Crippen LogP contribution in [0.25, 0.3) is 0 Å². The Kier molecular flexibility index (Phi) is 4.10. The van der Waals surface area contributed by atoms with Crippen LogP contribution in [0.1, 0.15) is 36.7 Å². The van der Waals surface area contributed by atoms with Gasteiger partial charge in [-0.05, 0) is 19.3 Å². The molecule has 2 aromatic heterocycles. The first-order valence-corrected chi connectivity index (χ1v) is 8.80. The quantitative estimate of drug-likeness (QED) is 0.893. The van der Waals surface area contributed by atoms with Crippen molar-refractivity contribution in [1.82, 2.24) is 19.7 Å². The predicted molar refractivity (Wildman–Crippen MR) is 92.1 cm³/mol. The number of nitrogens with zero attached hydrogens (tertiary/aromatic N) is 6. The molecule has 24 heavy (non-hydrogen) atoms. The largest absolute Gasteiger partial charge is 0.394 e. The molecule has 0 unspecified atom stereocenters. The Morgan fingerprint density at radius 1 is 1.12 bits per heavy atom. The summed E-state index contributed by atoms with van der Waals surface area (Å²) in [5.74, 6) is 1.87. The Balaban J connectivity index is 1.61. The second kappa shape index (κ2) is 6.39. The molecule has 0 aliphatic carbocycles. The number of fused-ring (bicyclic) bond motifs is 1. The van der Waals surface area contributed by atoms with Gasteiger partial charge < -0.3 is 14.9 Å². The van der Waals surface area contributed by atoms with Crippen LogP contribution in [0.15, 0.2) is 12.3 Å². The predicted octanol–water partition coefficient (Wildman–Crippen LogP) is 1.35. The molecule has 7 nitrogen and oxygen atoms in total. The Morgan fingerprint density at radius 2 is 1.96 bits per heavy atom. The summed E-state index contributed by atoms with van der Waals surface area (Å²) in [6.07, 6.45) is 5.27. The average molecular weight is 328 g/mol. The molecule has 4 rings (SSSR count). The summed E-state index contributed by atoms with van der Waals surface area (Å²) in [5, 5.41) is 13.5. The monoisotopic (exact) mass is 328 g/mol. The summed E-state index contributed by atoms with van der Waals surface area (Å²) < 4.78 is 1.90. The van der Waals surface area contributed by atoms with Gasteiger partial charge in [0.1, 0.15) is 5.82 Å². The highest BCUT2D eigenvalue weighted by Gasteiger charge is 2.26. The van der Waals surface area contributed by atoms with Crippen LogP contribution in [-0.4, -0.2) is 44.6 Å². The van der Waals surface area contributed by atoms with Gasteiger partial charge in [-0.1, -0.05) is 6.92 Å². The van der Waals surface area contributed by atoms with Crippen LogP contribution in [0, 0.1) is 0 Å². The standard InChI is InChI=1S/C17H24N6O/c1-2-14-9-16(20-17(19-14)21-5-3-4-6-21)22-11-13-10-18-23(7-8-24)15(13)12-22/h9-10,24H,2-8,11-12H2,1H3. The van der Waals surface area contributed by atoms with Gasteiger partial charge in [0.25, 0.3) is 0 Å². The van der Waals surface area contributed by atoms with E-state index < -0.39 is 0 Å². The Bertz CT molecular complexity index is 722. The molecule has 1 N–H and O–H groups in total. The first-order valence-electron chi connectivity index (χ1n) is 8.80. The summed E-state index contributed by atoms with van der Waals surface area (Å²) in [5.41, 5.74) is 3.50. The first kappa shape index (κ1) is 15.4. The maximum Gasteiger partial charge on any atom is 0.227 e. The lowest BCUT2D eigenvalue weighted by molar-refractivity contribution is 0.267. The number of rotatable bonds is 5. The zero-order valence-electron chi connectivity index (χ0n) is 14.1. The van der Waals surface area contributed by atoms with E-state index in [0.29, 0.717) is 6.54 Å². The van der Waals surface area contributed by atoms with Gasteiger partial charge in [0, 0.05) is 37.0 Å². The molecule has 1 fully saturated rings. The van der Waals surface area contributed by atoms with Crippen LogP contribution in [0.5, 0.6) is 0 Å². The maximum atomic E-state index is 9.18. The van der Waals surface area contributed by atoms with Crippen molar-refractivity contribution >= 4 is 11.8 Å². The van der Waals surface area contributed by atoms with Crippen molar-refractivity contribution in [2.24, 2.45) is 0 Å². The van der Waals surface area contributed by atoms with Gasteiger partial charge in [0.2, 0.25) is 5.95 Å². The molecule has 128 valence electrons. The average Bonchev–Trinajstić information content (AvgIpc) is 3.33. The highest BCUT2D eigenvalue weighted by molar-refractivity contribution is 5.50. The van der Waals surface area contributed by atoms with Crippen LogP contribution in [0.3, 0.4) is 0 Å². The molecule has 0 bridgehead atoms. The molecule has 2 aliphatic rings. The van der Waals surface area contributed by atoms with Crippen LogP contribution in [0.4, 0.5) is 11.8 Å². The van der Waals surface area contributed by atoms with Crippen molar-refractivity contribution in [3.8, 4) is 0 Å². The highest BCUT2D eigenvalue weighted by Crippen LogP contribution is 2.29. The van der Waals surface area contributed by atoms with E-state index in [0.717, 1.165) is 50.1 Å². The number of aliphatic hydroxyl groups is 1. The molecule has 2 aromatic rings. The van der Waals surface area contributed by atoms with Crippen molar-refractivity contribution in [2.75, 3.05) is 29.5 Å². The molecule has 0 radical (unpaired) electrons. The zero-order chi connectivity index (χ0) is 16.5. The highest BCUT2D eigenvalue weighted by atomic mass is 16.3. The van der Waals surface area contributed by atoms with Crippen molar-refractivity contribution in [3.05, 3.63) is 29.2 Å². The fraction of sp³-hybridized carbons (Fsp3) is 0.588. The third-order valence-electron chi connectivity index (χ3n) is 4.88. The van der Waals surface area contributed by atoms with E-state index in [9.17, 15) is 5.11 Å².